The number of nitrogens with one attached hydrogen (secondary N) is 1. The minimum Gasteiger partial charge on any atom is -0.480 e. The highest BCUT2D eigenvalue weighted by Gasteiger charge is 2.07. The third kappa shape index (κ3) is 15.7. The highest BCUT2D eigenvalue weighted by atomic mass is 35.5. The van der Waals surface area contributed by atoms with Gasteiger partial charge in [0.25, 0.3) is 0 Å². The third-order valence-corrected chi connectivity index (χ3v) is 3.12. The van der Waals surface area contributed by atoms with Crippen LogP contribution < -0.4 is 11.1 Å². The van der Waals surface area contributed by atoms with E-state index in [0.717, 1.165) is 19.6 Å². The van der Waals surface area contributed by atoms with E-state index in [2.05, 4.69) is 12.2 Å². The fourth-order valence-corrected chi connectivity index (χ4v) is 2.04. The zero-order chi connectivity index (χ0) is 14.3. The summed E-state index contributed by atoms with van der Waals surface area (Å²) in [5, 5.41) is 12.1. The van der Waals surface area contributed by atoms with Gasteiger partial charge in [0.1, 0.15) is 0 Å². The van der Waals surface area contributed by atoms with Crippen molar-refractivity contribution < 1.29 is 9.90 Å². The van der Waals surface area contributed by atoms with Crippen LogP contribution in [0, 0.1) is 0 Å². The predicted octanol–water partition coefficient (Wildman–Crippen LogP) is 1.70. The van der Waals surface area contributed by atoms with E-state index in [1.807, 2.05) is 4.90 Å². The van der Waals surface area contributed by atoms with Crippen LogP contribution >= 0.6 is 12.4 Å². The van der Waals surface area contributed by atoms with Gasteiger partial charge in [0.2, 0.25) is 0 Å². The smallest absolute Gasteiger partial charge is 0.317 e. The van der Waals surface area contributed by atoms with Crippen molar-refractivity contribution in [3.8, 4) is 0 Å². The Morgan fingerprint density at radius 2 is 1.75 bits per heavy atom. The molecule has 0 aromatic heterocycles. The van der Waals surface area contributed by atoms with Gasteiger partial charge in [-0.3, -0.25) is 9.69 Å². The first-order valence-electron chi connectivity index (χ1n) is 7.55. The summed E-state index contributed by atoms with van der Waals surface area (Å²) in [6.45, 7) is 6.06. The second kappa shape index (κ2) is 16.7. The number of rotatable bonds is 14. The Balaban J connectivity index is 0. The normalized spacial score (nSPS) is 10.6. The molecule has 122 valence electrons. The Morgan fingerprint density at radius 1 is 1.10 bits per heavy atom. The fraction of sp³-hybridized carbons (Fsp3) is 0.929. The summed E-state index contributed by atoms with van der Waals surface area (Å²) in [7, 11) is 0. The first kappa shape index (κ1) is 21.9. The van der Waals surface area contributed by atoms with E-state index in [1.54, 1.807) is 0 Å². The molecule has 0 rings (SSSR count). The summed E-state index contributed by atoms with van der Waals surface area (Å²) in [6.07, 6.45) is 7.80. The van der Waals surface area contributed by atoms with Crippen molar-refractivity contribution in [1.82, 2.24) is 10.2 Å². The molecule has 4 N–H and O–H groups in total. The molecule has 0 saturated carbocycles. The number of halogens is 1. The molecule has 0 amide bonds. The molecule has 0 aliphatic heterocycles. The second-order valence-electron chi connectivity index (χ2n) is 4.98. The van der Waals surface area contributed by atoms with Crippen LogP contribution in [0.5, 0.6) is 0 Å². The first-order chi connectivity index (χ1) is 9.20. The maximum absolute atomic E-state index is 10.6. The molecule has 0 atom stereocenters. The number of aliphatic carboxylic acids is 1. The van der Waals surface area contributed by atoms with Gasteiger partial charge in [0.15, 0.2) is 0 Å². The van der Waals surface area contributed by atoms with Gasteiger partial charge in [-0.05, 0) is 13.0 Å². The third-order valence-electron chi connectivity index (χ3n) is 3.12. The lowest BCUT2D eigenvalue weighted by Crippen LogP contribution is -2.39. The average molecular weight is 310 g/mol. The Kier molecular flexibility index (Phi) is 18.3. The van der Waals surface area contributed by atoms with Crippen LogP contribution in [0.1, 0.15) is 45.4 Å². The number of carboxylic acid groups (broad SMARTS) is 1. The molecule has 0 heterocycles. The minimum atomic E-state index is -0.788. The summed E-state index contributed by atoms with van der Waals surface area (Å²) in [4.78, 5) is 12.5. The molecule has 20 heavy (non-hydrogen) atoms. The maximum atomic E-state index is 10.6. The standard InChI is InChI=1S/C14H31N3O2.ClH/c1-2-3-4-5-6-7-9-16-10-12-17(11-8-15)13-14(18)19;/h16H,2-13,15H2,1H3,(H,18,19);1H. The summed E-state index contributed by atoms with van der Waals surface area (Å²) < 4.78 is 0. The maximum Gasteiger partial charge on any atom is 0.317 e. The topological polar surface area (TPSA) is 78.6 Å². The number of carbonyl (C=O) groups is 1. The van der Waals surface area contributed by atoms with Gasteiger partial charge < -0.3 is 16.2 Å². The van der Waals surface area contributed by atoms with Crippen molar-refractivity contribution >= 4 is 18.4 Å². The van der Waals surface area contributed by atoms with Crippen LogP contribution in [0.4, 0.5) is 0 Å². The second-order valence-corrected chi connectivity index (χ2v) is 4.98. The van der Waals surface area contributed by atoms with Gasteiger partial charge in [-0.2, -0.15) is 0 Å². The van der Waals surface area contributed by atoms with Gasteiger partial charge in [-0.1, -0.05) is 39.0 Å². The molecule has 0 saturated heterocycles. The molecule has 5 nitrogen and oxygen atoms in total. The van der Waals surface area contributed by atoms with E-state index < -0.39 is 5.97 Å². The largest absolute Gasteiger partial charge is 0.480 e. The van der Waals surface area contributed by atoms with Crippen molar-refractivity contribution in [3.63, 3.8) is 0 Å². The van der Waals surface area contributed by atoms with Crippen LogP contribution in [0.25, 0.3) is 0 Å². The van der Waals surface area contributed by atoms with E-state index in [0.29, 0.717) is 13.1 Å². The summed E-state index contributed by atoms with van der Waals surface area (Å²) >= 11 is 0. The van der Waals surface area contributed by atoms with Crippen LogP contribution in [0.2, 0.25) is 0 Å². The van der Waals surface area contributed by atoms with E-state index in [9.17, 15) is 4.79 Å². The zero-order valence-corrected chi connectivity index (χ0v) is 13.6. The molecule has 6 heteroatoms. The lowest BCUT2D eigenvalue weighted by atomic mass is 10.1. The van der Waals surface area contributed by atoms with Gasteiger partial charge in [-0.15, -0.1) is 12.4 Å². The molecule has 0 aliphatic carbocycles. The Labute approximate surface area is 129 Å². The molecule has 0 radical (unpaired) electrons. The Morgan fingerprint density at radius 3 is 2.35 bits per heavy atom. The van der Waals surface area contributed by atoms with Gasteiger partial charge in [0.05, 0.1) is 6.54 Å². The molecular formula is C14H32ClN3O2. The SMILES string of the molecule is CCCCCCCCNCCN(CCN)CC(=O)O.Cl. The first-order valence-corrected chi connectivity index (χ1v) is 7.55. The number of unbranched alkanes of at least 4 members (excludes halogenated alkanes) is 5. The Hall–Kier alpha value is -0.360. The fourth-order valence-electron chi connectivity index (χ4n) is 2.04. The number of carboxylic acids is 1. The summed E-state index contributed by atoms with van der Waals surface area (Å²) in [5.41, 5.74) is 5.46. The number of nitrogens with two attached hydrogens (primary N) is 1. The molecular weight excluding hydrogens is 278 g/mol. The molecule has 0 spiro atoms. The minimum absolute atomic E-state index is 0. The summed E-state index contributed by atoms with van der Waals surface area (Å²) in [5.74, 6) is -0.788. The van der Waals surface area contributed by atoms with E-state index in [1.165, 1.54) is 38.5 Å². The van der Waals surface area contributed by atoms with E-state index >= 15 is 0 Å². The highest BCUT2D eigenvalue weighted by Crippen LogP contribution is 2.03. The highest BCUT2D eigenvalue weighted by molar-refractivity contribution is 5.85. The summed E-state index contributed by atoms with van der Waals surface area (Å²) in [6, 6.07) is 0. The molecule has 0 fully saturated rings. The van der Waals surface area contributed by atoms with E-state index in [4.69, 9.17) is 10.8 Å². The molecule has 0 aliphatic rings. The average Bonchev–Trinajstić information content (AvgIpc) is 2.36. The lowest BCUT2D eigenvalue weighted by molar-refractivity contribution is -0.138. The van der Waals surface area contributed by atoms with Gasteiger partial charge in [0, 0.05) is 26.2 Å². The van der Waals surface area contributed by atoms with Crippen LogP contribution in [0.3, 0.4) is 0 Å². The number of hydrogen-bond donors (Lipinski definition) is 3. The molecule has 0 aromatic carbocycles. The van der Waals surface area contributed by atoms with Crippen LogP contribution in [-0.2, 0) is 4.79 Å². The number of nitrogens with zero attached hydrogens (tertiary/aromatic N) is 1. The molecule has 0 bridgehead atoms. The monoisotopic (exact) mass is 309 g/mol. The number of hydrogen-bond acceptors (Lipinski definition) is 4. The lowest BCUT2D eigenvalue weighted by Gasteiger charge is -2.19. The van der Waals surface area contributed by atoms with Crippen molar-refractivity contribution in [3.05, 3.63) is 0 Å². The van der Waals surface area contributed by atoms with Crippen LogP contribution in [-0.4, -0.2) is 55.2 Å². The zero-order valence-electron chi connectivity index (χ0n) is 12.8. The quantitative estimate of drug-likeness (QED) is 0.426. The molecule has 0 unspecified atom stereocenters. The van der Waals surface area contributed by atoms with Crippen LogP contribution in [0.15, 0.2) is 0 Å². The van der Waals surface area contributed by atoms with Crippen molar-refractivity contribution in [2.24, 2.45) is 5.73 Å². The van der Waals surface area contributed by atoms with Crippen molar-refractivity contribution in [1.29, 1.82) is 0 Å². The van der Waals surface area contributed by atoms with Crippen molar-refractivity contribution in [2.45, 2.75) is 45.4 Å². The van der Waals surface area contributed by atoms with Crippen molar-refractivity contribution in [2.75, 3.05) is 39.3 Å². The van der Waals surface area contributed by atoms with Gasteiger partial charge in [-0.25, -0.2) is 0 Å². The van der Waals surface area contributed by atoms with E-state index in [-0.39, 0.29) is 19.0 Å². The Bertz CT molecular complexity index is 219. The molecule has 0 aromatic rings. The predicted molar refractivity (Wildman–Crippen MR) is 86.6 cm³/mol. The van der Waals surface area contributed by atoms with Gasteiger partial charge >= 0.3 is 5.97 Å².